The number of allylic oxidation sites excluding steroid dienone is 1. The average Bonchev–Trinajstić information content (AvgIpc) is 3.25. The first-order valence-corrected chi connectivity index (χ1v) is 11.0. The Balaban J connectivity index is 1.31. The summed E-state index contributed by atoms with van der Waals surface area (Å²) in [4.78, 5) is 15.1. The molecule has 1 saturated carbocycles. The van der Waals surface area contributed by atoms with Crippen LogP contribution in [0.3, 0.4) is 0 Å². The number of rotatable bonds is 2. The van der Waals surface area contributed by atoms with Gasteiger partial charge < -0.3 is 24.2 Å². The van der Waals surface area contributed by atoms with Crippen molar-refractivity contribution in [1.82, 2.24) is 4.90 Å². The standard InChI is InChI=1S/C22H33NO5/c1-14-4-3-5-15-12-17-18(19(24)21(14,15)2)16(20(25)28-17)13-23-8-6-22(7-9-23)26-10-11-27-22/h5,14,16-19,24H,3-4,6-13H2,1-2H3/t14-,16-,17+,18+,19+,21+/m0/s1. The molecule has 6 nitrogen and oxygen atoms in total. The van der Waals surface area contributed by atoms with Gasteiger partial charge in [-0.2, -0.15) is 0 Å². The van der Waals surface area contributed by atoms with Crippen LogP contribution in [-0.4, -0.2) is 66.8 Å². The summed E-state index contributed by atoms with van der Waals surface area (Å²) in [6.45, 7) is 8.18. The van der Waals surface area contributed by atoms with Crippen molar-refractivity contribution in [2.45, 2.75) is 63.9 Å². The molecule has 3 saturated heterocycles. The van der Waals surface area contributed by atoms with Crippen molar-refractivity contribution < 1.29 is 24.1 Å². The van der Waals surface area contributed by atoms with Crippen molar-refractivity contribution >= 4 is 5.97 Å². The first kappa shape index (κ1) is 19.0. The van der Waals surface area contributed by atoms with E-state index in [0.29, 0.717) is 25.7 Å². The molecule has 4 fully saturated rings. The molecule has 1 N–H and O–H groups in total. The summed E-state index contributed by atoms with van der Waals surface area (Å²) in [6.07, 6.45) is 6.22. The van der Waals surface area contributed by atoms with Gasteiger partial charge in [0.2, 0.25) is 0 Å². The fourth-order valence-corrected chi connectivity index (χ4v) is 6.41. The van der Waals surface area contributed by atoms with E-state index >= 15 is 0 Å². The van der Waals surface area contributed by atoms with Gasteiger partial charge >= 0.3 is 5.97 Å². The minimum Gasteiger partial charge on any atom is -0.461 e. The van der Waals surface area contributed by atoms with Crippen molar-refractivity contribution in [2.24, 2.45) is 23.2 Å². The highest BCUT2D eigenvalue weighted by Gasteiger charge is 2.60. The lowest BCUT2D eigenvalue weighted by Gasteiger charge is -2.52. The number of carbonyl (C=O) groups excluding carboxylic acids is 1. The van der Waals surface area contributed by atoms with E-state index in [1.807, 2.05) is 0 Å². The van der Waals surface area contributed by atoms with E-state index < -0.39 is 11.9 Å². The van der Waals surface area contributed by atoms with Gasteiger partial charge in [-0.3, -0.25) is 4.79 Å². The second-order valence-electron chi connectivity index (χ2n) is 9.71. The highest BCUT2D eigenvalue weighted by Crippen LogP contribution is 2.56. The summed E-state index contributed by atoms with van der Waals surface area (Å²) in [7, 11) is 0. The molecule has 28 heavy (non-hydrogen) atoms. The first-order chi connectivity index (χ1) is 13.4. The summed E-state index contributed by atoms with van der Waals surface area (Å²) in [5.74, 6) is -0.453. The van der Waals surface area contributed by atoms with Crippen LogP contribution in [0.5, 0.6) is 0 Å². The largest absolute Gasteiger partial charge is 0.461 e. The topological polar surface area (TPSA) is 68.2 Å². The van der Waals surface area contributed by atoms with E-state index in [9.17, 15) is 9.90 Å². The quantitative estimate of drug-likeness (QED) is 0.574. The maximum absolute atomic E-state index is 12.8. The summed E-state index contributed by atoms with van der Waals surface area (Å²) in [5, 5.41) is 11.5. The van der Waals surface area contributed by atoms with Gasteiger partial charge in [-0.1, -0.05) is 25.5 Å². The predicted octanol–water partition coefficient (Wildman–Crippen LogP) is 2.11. The van der Waals surface area contributed by atoms with Gasteiger partial charge in [0.05, 0.1) is 25.2 Å². The third-order valence-electron chi connectivity index (χ3n) is 8.46. The fraction of sp³-hybridized carbons (Fsp3) is 0.864. The van der Waals surface area contributed by atoms with Crippen LogP contribution in [0.4, 0.5) is 0 Å². The van der Waals surface area contributed by atoms with Crippen LogP contribution in [0.15, 0.2) is 11.6 Å². The zero-order valence-corrected chi connectivity index (χ0v) is 17.1. The third-order valence-corrected chi connectivity index (χ3v) is 8.46. The van der Waals surface area contributed by atoms with E-state index in [0.717, 1.165) is 45.2 Å². The Morgan fingerprint density at radius 3 is 2.68 bits per heavy atom. The Hall–Kier alpha value is -0.950. The number of esters is 1. The Morgan fingerprint density at radius 2 is 1.96 bits per heavy atom. The number of nitrogens with zero attached hydrogens (tertiary/aromatic N) is 1. The number of hydrogen-bond donors (Lipinski definition) is 1. The molecule has 5 rings (SSSR count). The van der Waals surface area contributed by atoms with Crippen LogP contribution < -0.4 is 0 Å². The molecule has 0 aromatic carbocycles. The van der Waals surface area contributed by atoms with Crippen molar-refractivity contribution in [3.8, 4) is 0 Å². The zero-order chi connectivity index (χ0) is 19.5. The fourth-order valence-electron chi connectivity index (χ4n) is 6.41. The van der Waals surface area contributed by atoms with Crippen molar-refractivity contribution in [3.05, 3.63) is 11.6 Å². The van der Waals surface area contributed by atoms with Crippen LogP contribution in [0, 0.1) is 23.2 Å². The number of aliphatic hydroxyl groups excluding tert-OH is 1. The summed E-state index contributed by atoms with van der Waals surface area (Å²) in [5.41, 5.74) is 1.06. The molecule has 0 bridgehead atoms. The predicted molar refractivity (Wildman–Crippen MR) is 102 cm³/mol. The third kappa shape index (κ3) is 2.79. The molecule has 3 heterocycles. The first-order valence-electron chi connectivity index (χ1n) is 11.0. The van der Waals surface area contributed by atoms with Crippen molar-refractivity contribution in [2.75, 3.05) is 32.8 Å². The molecule has 0 aromatic heterocycles. The Morgan fingerprint density at radius 1 is 1.25 bits per heavy atom. The minimum absolute atomic E-state index is 0.106. The SMILES string of the molecule is C[C@H]1CCC=C2C[C@H]3OC(=O)[C@@H](CN4CCC5(CC4)OCCO5)[C@H]3[C@@H](O)[C@@]21C. The lowest BCUT2D eigenvalue weighted by Crippen LogP contribution is -2.55. The molecule has 0 unspecified atom stereocenters. The van der Waals surface area contributed by atoms with Gasteiger partial charge in [-0.05, 0) is 18.8 Å². The molecule has 0 radical (unpaired) electrons. The summed E-state index contributed by atoms with van der Waals surface area (Å²) < 4.78 is 17.4. The highest BCUT2D eigenvalue weighted by atomic mass is 16.7. The number of ether oxygens (including phenoxy) is 3. The molecule has 0 aromatic rings. The molecule has 0 amide bonds. The maximum Gasteiger partial charge on any atom is 0.311 e. The number of fused-ring (bicyclic) bond motifs is 2. The van der Waals surface area contributed by atoms with E-state index in [1.54, 1.807) is 0 Å². The smallest absolute Gasteiger partial charge is 0.311 e. The Kier molecular flexibility index (Phi) is 4.62. The van der Waals surface area contributed by atoms with Gasteiger partial charge in [0.1, 0.15) is 6.10 Å². The maximum atomic E-state index is 12.8. The van der Waals surface area contributed by atoms with E-state index in [2.05, 4.69) is 24.8 Å². The average molecular weight is 392 g/mol. The Labute approximate surface area is 167 Å². The normalized spacial score (nSPS) is 45.5. The second-order valence-corrected chi connectivity index (χ2v) is 9.71. The van der Waals surface area contributed by atoms with Crippen LogP contribution >= 0.6 is 0 Å². The summed E-state index contributed by atoms with van der Waals surface area (Å²) >= 11 is 0. The number of carbonyl (C=O) groups is 1. The van der Waals surface area contributed by atoms with Crippen LogP contribution in [0.2, 0.25) is 0 Å². The number of hydrogen-bond acceptors (Lipinski definition) is 6. The van der Waals surface area contributed by atoms with E-state index in [1.165, 1.54) is 5.57 Å². The number of piperidine rings is 1. The van der Waals surface area contributed by atoms with Crippen molar-refractivity contribution in [3.63, 3.8) is 0 Å². The molecular weight excluding hydrogens is 358 g/mol. The molecular formula is C22H33NO5. The monoisotopic (exact) mass is 391 g/mol. The van der Waals surface area contributed by atoms with Gasteiger partial charge in [0.25, 0.3) is 0 Å². The molecule has 156 valence electrons. The molecule has 6 heteroatoms. The molecule has 1 spiro atoms. The van der Waals surface area contributed by atoms with Gasteiger partial charge in [-0.15, -0.1) is 0 Å². The minimum atomic E-state index is -0.526. The molecule has 6 atom stereocenters. The number of aliphatic hydroxyl groups is 1. The summed E-state index contributed by atoms with van der Waals surface area (Å²) in [6, 6.07) is 0. The number of likely N-dealkylation sites (tertiary alicyclic amines) is 1. The van der Waals surface area contributed by atoms with Crippen molar-refractivity contribution in [1.29, 1.82) is 0 Å². The van der Waals surface area contributed by atoms with Crippen LogP contribution in [-0.2, 0) is 19.0 Å². The van der Waals surface area contributed by atoms with Crippen LogP contribution in [0.25, 0.3) is 0 Å². The highest BCUT2D eigenvalue weighted by molar-refractivity contribution is 5.76. The zero-order valence-electron chi connectivity index (χ0n) is 17.1. The van der Waals surface area contributed by atoms with Crippen LogP contribution in [0.1, 0.15) is 46.0 Å². The van der Waals surface area contributed by atoms with E-state index in [-0.39, 0.29) is 29.3 Å². The van der Waals surface area contributed by atoms with Gasteiger partial charge in [-0.25, -0.2) is 0 Å². The molecule has 5 aliphatic rings. The lowest BCUT2D eigenvalue weighted by molar-refractivity contribution is -0.186. The Bertz CT molecular complexity index is 662. The van der Waals surface area contributed by atoms with E-state index in [4.69, 9.17) is 14.2 Å². The second kappa shape index (κ2) is 6.79. The lowest BCUT2D eigenvalue weighted by atomic mass is 9.55. The molecule has 3 aliphatic heterocycles. The molecule has 2 aliphatic carbocycles. The van der Waals surface area contributed by atoms with Gasteiger partial charge in [0.15, 0.2) is 5.79 Å². The van der Waals surface area contributed by atoms with Gasteiger partial charge in [0, 0.05) is 50.2 Å².